The van der Waals surface area contributed by atoms with E-state index in [2.05, 4.69) is 0 Å². The van der Waals surface area contributed by atoms with E-state index in [-0.39, 0.29) is 11.8 Å². The van der Waals surface area contributed by atoms with Gasteiger partial charge in [-0.05, 0) is 54.8 Å². The van der Waals surface area contributed by atoms with Gasteiger partial charge >= 0.3 is 0 Å². The van der Waals surface area contributed by atoms with Crippen LogP contribution >= 0.6 is 34.7 Å². The maximum absolute atomic E-state index is 13.3. The molecule has 29 heavy (non-hydrogen) atoms. The van der Waals surface area contributed by atoms with E-state index in [1.807, 2.05) is 36.6 Å². The third-order valence-corrected chi connectivity index (χ3v) is 6.46. The summed E-state index contributed by atoms with van der Waals surface area (Å²) < 4.78 is 5.53. The second-order valence-electron chi connectivity index (χ2n) is 6.11. The molecule has 0 aliphatic carbocycles. The average molecular weight is 442 g/mol. The van der Waals surface area contributed by atoms with Crippen LogP contribution in [0.2, 0.25) is 5.02 Å². The van der Waals surface area contributed by atoms with Gasteiger partial charge in [0, 0.05) is 20.9 Å². The molecule has 2 amide bonds. The SMILES string of the molecule is CCOc1cccc(N2C(=O)C(Sc3ccc(Cl)cc3)=C(c3cccs3)C2=O)c1. The van der Waals surface area contributed by atoms with Gasteiger partial charge in [0.1, 0.15) is 5.75 Å². The molecule has 3 aromatic rings. The van der Waals surface area contributed by atoms with E-state index in [0.29, 0.717) is 33.5 Å². The summed E-state index contributed by atoms with van der Waals surface area (Å²) in [7, 11) is 0. The molecule has 4 rings (SSSR count). The van der Waals surface area contributed by atoms with Crippen molar-refractivity contribution in [2.45, 2.75) is 11.8 Å². The molecule has 4 nitrogen and oxygen atoms in total. The maximum Gasteiger partial charge on any atom is 0.272 e. The fourth-order valence-electron chi connectivity index (χ4n) is 2.98. The van der Waals surface area contributed by atoms with Crippen LogP contribution in [0, 0.1) is 0 Å². The third-order valence-electron chi connectivity index (χ3n) is 4.23. The van der Waals surface area contributed by atoms with Gasteiger partial charge in [0.05, 0.1) is 22.8 Å². The first-order chi connectivity index (χ1) is 14.1. The molecule has 1 aliphatic heterocycles. The zero-order chi connectivity index (χ0) is 20.4. The molecule has 0 saturated heterocycles. The van der Waals surface area contributed by atoms with Gasteiger partial charge in [0.25, 0.3) is 11.8 Å². The first kappa shape index (κ1) is 19.8. The first-order valence-corrected chi connectivity index (χ1v) is 11.0. The van der Waals surface area contributed by atoms with E-state index >= 15 is 0 Å². The molecule has 0 saturated carbocycles. The molecule has 0 radical (unpaired) electrons. The van der Waals surface area contributed by atoms with Crippen molar-refractivity contribution in [2.24, 2.45) is 0 Å². The Balaban J connectivity index is 1.76. The number of carbonyl (C=O) groups is 2. The molecule has 0 bridgehead atoms. The monoisotopic (exact) mass is 441 g/mol. The van der Waals surface area contributed by atoms with Crippen LogP contribution < -0.4 is 9.64 Å². The number of thiophene rings is 1. The van der Waals surface area contributed by atoms with Gasteiger partial charge in [-0.2, -0.15) is 0 Å². The molecule has 146 valence electrons. The molecule has 2 heterocycles. The topological polar surface area (TPSA) is 46.6 Å². The quantitative estimate of drug-likeness (QED) is 0.448. The molecule has 0 fully saturated rings. The van der Waals surface area contributed by atoms with Crippen molar-refractivity contribution in [3.8, 4) is 5.75 Å². The van der Waals surface area contributed by atoms with Gasteiger partial charge in [-0.15, -0.1) is 11.3 Å². The molecule has 2 aromatic carbocycles. The van der Waals surface area contributed by atoms with Crippen molar-refractivity contribution >= 4 is 57.8 Å². The van der Waals surface area contributed by atoms with E-state index < -0.39 is 0 Å². The Morgan fingerprint density at radius 3 is 2.52 bits per heavy atom. The zero-order valence-corrected chi connectivity index (χ0v) is 17.8. The van der Waals surface area contributed by atoms with Crippen LogP contribution in [0.4, 0.5) is 5.69 Å². The van der Waals surface area contributed by atoms with Gasteiger partial charge in [0.2, 0.25) is 0 Å². The summed E-state index contributed by atoms with van der Waals surface area (Å²) in [6, 6.07) is 17.9. The highest BCUT2D eigenvalue weighted by Gasteiger charge is 2.41. The van der Waals surface area contributed by atoms with Crippen molar-refractivity contribution < 1.29 is 14.3 Å². The molecule has 0 spiro atoms. The van der Waals surface area contributed by atoms with Crippen LogP contribution in [0.3, 0.4) is 0 Å². The number of anilines is 1. The molecule has 0 unspecified atom stereocenters. The Morgan fingerprint density at radius 1 is 1.03 bits per heavy atom. The summed E-state index contributed by atoms with van der Waals surface area (Å²) in [6.07, 6.45) is 0. The molecular weight excluding hydrogens is 426 g/mol. The van der Waals surface area contributed by atoms with Crippen LogP contribution in [0.15, 0.2) is 75.8 Å². The van der Waals surface area contributed by atoms with Crippen LogP contribution in [0.1, 0.15) is 11.8 Å². The van der Waals surface area contributed by atoms with Gasteiger partial charge in [-0.3, -0.25) is 9.59 Å². The van der Waals surface area contributed by atoms with Gasteiger partial charge in [-0.1, -0.05) is 35.5 Å². The number of amides is 2. The minimum atomic E-state index is -0.341. The Morgan fingerprint density at radius 2 is 1.83 bits per heavy atom. The standard InChI is InChI=1S/C22H16ClNO3S2/c1-2-27-16-6-3-5-15(13-16)24-21(25)19(18-7-4-12-28-18)20(22(24)26)29-17-10-8-14(23)9-11-17/h3-13H,2H2,1H3. The lowest BCUT2D eigenvalue weighted by Gasteiger charge is -2.16. The Kier molecular flexibility index (Phi) is 5.76. The van der Waals surface area contributed by atoms with E-state index in [9.17, 15) is 9.59 Å². The summed E-state index contributed by atoms with van der Waals surface area (Å²) in [4.78, 5) is 29.9. The number of rotatable bonds is 6. The highest BCUT2D eigenvalue weighted by Crippen LogP contribution is 2.43. The van der Waals surface area contributed by atoms with Gasteiger partial charge in [-0.25, -0.2) is 4.90 Å². The Labute approximate surface area is 181 Å². The van der Waals surface area contributed by atoms with E-state index in [1.165, 1.54) is 28.0 Å². The number of thioether (sulfide) groups is 1. The van der Waals surface area contributed by atoms with Gasteiger partial charge < -0.3 is 4.74 Å². The normalized spacial score (nSPS) is 14.1. The van der Waals surface area contributed by atoms with Crippen LogP contribution in [0.25, 0.3) is 5.57 Å². The maximum atomic E-state index is 13.3. The minimum Gasteiger partial charge on any atom is -0.494 e. The molecule has 7 heteroatoms. The number of hydrogen-bond acceptors (Lipinski definition) is 5. The zero-order valence-electron chi connectivity index (χ0n) is 15.4. The van der Waals surface area contributed by atoms with Crippen LogP contribution in [-0.4, -0.2) is 18.4 Å². The lowest BCUT2D eigenvalue weighted by Crippen LogP contribution is -2.31. The first-order valence-electron chi connectivity index (χ1n) is 8.91. The van der Waals surface area contributed by atoms with E-state index in [0.717, 1.165) is 9.77 Å². The van der Waals surface area contributed by atoms with Crippen molar-refractivity contribution in [3.05, 3.63) is 80.8 Å². The van der Waals surface area contributed by atoms with Crippen LogP contribution in [-0.2, 0) is 9.59 Å². The molecular formula is C22H16ClNO3S2. The fourth-order valence-corrected chi connectivity index (χ4v) is 4.92. The lowest BCUT2D eigenvalue weighted by molar-refractivity contribution is -0.119. The van der Waals surface area contributed by atoms with Crippen LogP contribution in [0.5, 0.6) is 5.75 Å². The summed E-state index contributed by atoms with van der Waals surface area (Å²) in [5, 5.41) is 2.51. The second-order valence-corrected chi connectivity index (χ2v) is 8.58. The van der Waals surface area contributed by atoms with Crippen molar-refractivity contribution in [1.29, 1.82) is 0 Å². The molecule has 1 aliphatic rings. The number of imide groups is 1. The number of carbonyl (C=O) groups excluding carboxylic acids is 2. The number of hydrogen-bond donors (Lipinski definition) is 0. The van der Waals surface area contributed by atoms with E-state index in [4.69, 9.17) is 16.3 Å². The predicted octanol–water partition coefficient (Wildman–Crippen LogP) is 5.88. The van der Waals surface area contributed by atoms with Crippen molar-refractivity contribution in [2.75, 3.05) is 11.5 Å². The smallest absolute Gasteiger partial charge is 0.272 e. The predicted molar refractivity (Wildman–Crippen MR) is 119 cm³/mol. The molecule has 0 atom stereocenters. The average Bonchev–Trinajstić information content (AvgIpc) is 3.31. The molecule has 0 N–H and O–H groups in total. The minimum absolute atomic E-state index is 0.331. The summed E-state index contributed by atoms with van der Waals surface area (Å²) in [6.45, 7) is 2.39. The number of nitrogens with zero attached hydrogens (tertiary/aromatic N) is 1. The summed E-state index contributed by atoms with van der Waals surface area (Å²) in [5.41, 5.74) is 0.915. The second kappa shape index (κ2) is 8.45. The third kappa shape index (κ3) is 3.96. The Bertz CT molecular complexity index is 1090. The largest absolute Gasteiger partial charge is 0.494 e. The van der Waals surface area contributed by atoms with Gasteiger partial charge in [0.15, 0.2) is 0 Å². The van der Waals surface area contributed by atoms with Crippen molar-refractivity contribution in [3.63, 3.8) is 0 Å². The van der Waals surface area contributed by atoms with Crippen molar-refractivity contribution in [1.82, 2.24) is 0 Å². The Hall–Kier alpha value is -2.54. The fraction of sp³-hybridized carbons (Fsp3) is 0.0909. The highest BCUT2D eigenvalue weighted by atomic mass is 35.5. The summed E-state index contributed by atoms with van der Waals surface area (Å²) >= 11 is 8.68. The molecule has 1 aromatic heterocycles. The number of ether oxygens (including phenoxy) is 1. The number of benzene rings is 2. The summed E-state index contributed by atoms with van der Waals surface area (Å²) in [5.74, 6) is -0.0587. The lowest BCUT2D eigenvalue weighted by atomic mass is 10.2. The number of halogens is 1. The highest BCUT2D eigenvalue weighted by molar-refractivity contribution is 8.04. The van der Waals surface area contributed by atoms with E-state index in [1.54, 1.807) is 36.4 Å².